The van der Waals surface area contributed by atoms with Crippen molar-refractivity contribution in [2.24, 2.45) is 0 Å². The molecule has 52 heavy (non-hydrogen) atoms. The minimum Gasteiger partial charge on any atom is -0.476 e. The Hall–Kier alpha value is -4.43. The number of nitrogens with zero attached hydrogens (tertiary/aromatic N) is 3. The second-order valence-corrected chi connectivity index (χ2v) is 13.5. The molecule has 3 aliphatic rings. The molecule has 2 aromatic heterocycles. The highest BCUT2D eigenvalue weighted by atomic mass is 19.4. The van der Waals surface area contributed by atoms with Crippen LogP contribution in [0.3, 0.4) is 0 Å². The summed E-state index contributed by atoms with van der Waals surface area (Å²) in [6.07, 6.45) is 2.51. The van der Waals surface area contributed by atoms with Gasteiger partial charge in [0.25, 0.3) is 0 Å². The molecule has 2 aliphatic heterocycles. The molecular weight excluding hydrogens is 678 g/mol. The highest BCUT2D eigenvalue weighted by molar-refractivity contribution is 6.00. The summed E-state index contributed by atoms with van der Waals surface area (Å²) in [6.45, 7) is 3.11. The van der Waals surface area contributed by atoms with Gasteiger partial charge in [0.2, 0.25) is 11.8 Å². The first-order valence-corrected chi connectivity index (χ1v) is 17.7. The fourth-order valence-corrected chi connectivity index (χ4v) is 6.74. The van der Waals surface area contributed by atoms with Gasteiger partial charge in [-0.15, -0.1) is 5.10 Å². The molecule has 4 aromatic rings. The Morgan fingerprint density at radius 2 is 1.87 bits per heavy atom. The van der Waals surface area contributed by atoms with Crippen LogP contribution in [0.2, 0.25) is 0 Å². The zero-order valence-electron chi connectivity index (χ0n) is 28.6. The maximum atomic E-state index is 15.4. The number of halogens is 4. The van der Waals surface area contributed by atoms with Gasteiger partial charge in [-0.25, -0.2) is 9.67 Å². The van der Waals surface area contributed by atoms with Crippen LogP contribution in [0.25, 0.3) is 22.0 Å². The number of benzene rings is 2. The van der Waals surface area contributed by atoms with E-state index in [1.807, 2.05) is 0 Å². The van der Waals surface area contributed by atoms with Crippen LogP contribution in [0.1, 0.15) is 61.4 Å². The SMILES string of the molecule is O=C(/C=C/CNC1(COc2ccc(/C(=C(/CC(F)(F)F)c3ccccc3)c3ccc4c(c3)c(F)nn4C3CCCCO3)cn2)CC1)C1CNCCO1. The summed E-state index contributed by atoms with van der Waals surface area (Å²) in [7, 11) is 0. The Labute approximate surface area is 299 Å². The number of carbonyl (C=O) groups is 1. The van der Waals surface area contributed by atoms with E-state index in [0.717, 1.165) is 32.2 Å². The topological polar surface area (TPSA) is 99.5 Å². The molecule has 0 amide bonds. The van der Waals surface area contributed by atoms with Crippen molar-refractivity contribution in [2.45, 2.75) is 62.6 Å². The molecule has 2 N–H and O–H groups in total. The average molecular weight is 720 g/mol. The molecule has 3 fully saturated rings. The summed E-state index contributed by atoms with van der Waals surface area (Å²) >= 11 is 0. The van der Waals surface area contributed by atoms with Gasteiger partial charge < -0.3 is 24.8 Å². The number of morpholine rings is 1. The van der Waals surface area contributed by atoms with E-state index in [4.69, 9.17) is 14.2 Å². The van der Waals surface area contributed by atoms with Crippen molar-refractivity contribution >= 4 is 27.8 Å². The predicted molar refractivity (Wildman–Crippen MR) is 188 cm³/mol. The molecule has 1 aliphatic carbocycles. The van der Waals surface area contributed by atoms with Gasteiger partial charge in [0.15, 0.2) is 12.0 Å². The first-order valence-electron chi connectivity index (χ1n) is 17.7. The van der Waals surface area contributed by atoms with Crippen molar-refractivity contribution in [1.82, 2.24) is 25.4 Å². The monoisotopic (exact) mass is 719 g/mol. The number of allylic oxidation sites excluding steroid dienone is 1. The zero-order chi connectivity index (χ0) is 36.1. The maximum Gasteiger partial charge on any atom is 0.393 e. The lowest BCUT2D eigenvalue weighted by Gasteiger charge is -2.23. The number of ether oxygens (including phenoxy) is 3. The van der Waals surface area contributed by atoms with Gasteiger partial charge in [0, 0.05) is 44.1 Å². The van der Waals surface area contributed by atoms with Crippen molar-refractivity contribution in [3.8, 4) is 5.88 Å². The number of rotatable bonds is 13. The lowest BCUT2D eigenvalue weighted by atomic mass is 9.88. The van der Waals surface area contributed by atoms with E-state index in [9.17, 15) is 18.0 Å². The Balaban J connectivity index is 1.14. The third-order valence-corrected chi connectivity index (χ3v) is 9.68. The van der Waals surface area contributed by atoms with Crippen molar-refractivity contribution < 1.29 is 36.6 Å². The fraction of sp³-hybridized carbons (Fsp3) is 0.410. The van der Waals surface area contributed by atoms with Crippen LogP contribution >= 0.6 is 0 Å². The zero-order valence-corrected chi connectivity index (χ0v) is 28.6. The first-order chi connectivity index (χ1) is 25.2. The molecule has 0 spiro atoms. The molecule has 274 valence electrons. The van der Waals surface area contributed by atoms with Crippen molar-refractivity contribution in [2.75, 3.05) is 39.5 Å². The fourth-order valence-electron chi connectivity index (χ4n) is 6.74. The van der Waals surface area contributed by atoms with E-state index < -0.39 is 30.9 Å². The minimum absolute atomic E-state index is 0.0327. The minimum atomic E-state index is -4.53. The van der Waals surface area contributed by atoms with Crippen LogP contribution in [0, 0.1) is 5.95 Å². The van der Waals surface area contributed by atoms with Gasteiger partial charge in [-0.1, -0.05) is 42.5 Å². The molecule has 0 radical (unpaired) electrons. The molecule has 2 atom stereocenters. The van der Waals surface area contributed by atoms with Crippen LogP contribution in [-0.2, 0) is 14.3 Å². The van der Waals surface area contributed by atoms with Crippen LogP contribution in [0.15, 0.2) is 79.0 Å². The van der Waals surface area contributed by atoms with Crippen molar-refractivity contribution in [3.63, 3.8) is 0 Å². The smallest absolute Gasteiger partial charge is 0.393 e. The standard InChI is InChI=1S/C39H41F4N5O4/c40-37-29-21-27(11-13-31(29)48(47-37)35-10-4-5-19-51-35)36(30(22-39(41,42)43)26-7-2-1-3-8-26)28-12-14-34(45-23-28)52-25-38(15-16-38)46-17-6-9-32(49)33-24-44-18-20-50-33/h1-3,6-9,11-14,21,23,33,35,44,46H,4-5,10,15-20,22,24-25H2/b9-6+,36-30-. The largest absolute Gasteiger partial charge is 0.476 e. The van der Waals surface area contributed by atoms with E-state index in [-0.39, 0.29) is 27.9 Å². The number of carbonyl (C=O) groups excluding carboxylic acids is 1. The molecule has 13 heteroatoms. The van der Waals surface area contributed by atoms with Gasteiger partial charge in [0.1, 0.15) is 12.7 Å². The van der Waals surface area contributed by atoms with Crippen molar-refractivity contribution in [1.29, 1.82) is 0 Å². The summed E-state index contributed by atoms with van der Waals surface area (Å²) in [5, 5.41) is 10.9. The summed E-state index contributed by atoms with van der Waals surface area (Å²) in [6, 6.07) is 16.7. The number of ketones is 1. The van der Waals surface area contributed by atoms with Crippen LogP contribution < -0.4 is 15.4 Å². The quantitative estimate of drug-likeness (QED) is 0.0886. The van der Waals surface area contributed by atoms with Crippen LogP contribution in [0.5, 0.6) is 5.88 Å². The van der Waals surface area contributed by atoms with E-state index in [0.29, 0.717) is 67.4 Å². The summed E-state index contributed by atoms with van der Waals surface area (Å²) in [5.41, 5.74) is 1.76. The third kappa shape index (κ3) is 8.60. The molecule has 4 heterocycles. The molecule has 7 rings (SSSR count). The van der Waals surface area contributed by atoms with Gasteiger partial charge in [0.05, 0.1) is 29.5 Å². The average Bonchev–Trinajstić information content (AvgIpc) is 3.87. The molecule has 9 nitrogen and oxygen atoms in total. The third-order valence-electron chi connectivity index (χ3n) is 9.68. The molecular formula is C39H41F4N5O4. The van der Waals surface area contributed by atoms with E-state index >= 15 is 4.39 Å². The number of alkyl halides is 3. The Kier molecular flexibility index (Phi) is 10.8. The molecule has 2 saturated heterocycles. The Morgan fingerprint density at radius 3 is 2.56 bits per heavy atom. The molecule has 2 unspecified atom stereocenters. The normalized spacial score (nSPS) is 20.9. The van der Waals surface area contributed by atoms with Crippen molar-refractivity contribution in [3.05, 3.63) is 102 Å². The van der Waals surface area contributed by atoms with E-state index in [1.165, 1.54) is 10.9 Å². The maximum absolute atomic E-state index is 15.4. The second-order valence-electron chi connectivity index (χ2n) is 13.5. The lowest BCUT2D eigenvalue weighted by Crippen LogP contribution is -2.42. The number of hydrogen-bond donors (Lipinski definition) is 2. The summed E-state index contributed by atoms with van der Waals surface area (Å²) in [4.78, 5) is 16.8. The second kappa shape index (κ2) is 15.7. The summed E-state index contributed by atoms with van der Waals surface area (Å²) < 4.78 is 77.0. The molecule has 2 aromatic carbocycles. The van der Waals surface area contributed by atoms with Gasteiger partial charge >= 0.3 is 6.18 Å². The summed E-state index contributed by atoms with van der Waals surface area (Å²) in [5.74, 6) is -0.478. The lowest BCUT2D eigenvalue weighted by molar-refractivity contribution is -0.127. The number of nitrogens with one attached hydrogen (secondary N) is 2. The predicted octanol–water partition coefficient (Wildman–Crippen LogP) is 6.80. The number of hydrogen-bond acceptors (Lipinski definition) is 8. The number of pyridine rings is 1. The van der Waals surface area contributed by atoms with E-state index in [2.05, 4.69) is 20.7 Å². The van der Waals surface area contributed by atoms with Gasteiger partial charge in [-0.3, -0.25) is 4.79 Å². The van der Waals surface area contributed by atoms with Crippen LogP contribution in [0.4, 0.5) is 17.6 Å². The highest BCUT2D eigenvalue weighted by Gasteiger charge is 2.43. The highest BCUT2D eigenvalue weighted by Crippen LogP contribution is 2.41. The number of aromatic nitrogens is 3. The Bertz CT molecular complexity index is 1910. The Morgan fingerprint density at radius 1 is 1.04 bits per heavy atom. The number of fused-ring (bicyclic) bond motifs is 1. The molecule has 1 saturated carbocycles. The molecule has 0 bridgehead atoms. The van der Waals surface area contributed by atoms with E-state index in [1.54, 1.807) is 72.8 Å². The van der Waals surface area contributed by atoms with Gasteiger partial charge in [-0.05, 0) is 78.7 Å². The van der Waals surface area contributed by atoms with Gasteiger partial charge in [-0.2, -0.15) is 17.6 Å². The van der Waals surface area contributed by atoms with Crippen LogP contribution in [-0.4, -0.2) is 77.8 Å². The first kappa shape index (κ1) is 36.0.